The Morgan fingerprint density at radius 3 is 0.993 bits per heavy atom. The van der Waals surface area contributed by atoms with Crippen LogP contribution in [0.25, 0.3) is 0 Å². The molecule has 802 valence electrons. The molecule has 62 heteroatoms. The number of carbonyl (C=O) groups excluding carboxylic acids is 6. The van der Waals surface area contributed by atoms with Crippen molar-refractivity contribution in [2.45, 2.75) is 359 Å². The molecule has 52 atom stereocenters. The van der Waals surface area contributed by atoms with Crippen LogP contribution in [-0.2, 0) is 128 Å². The number of hydrogen-bond acceptors (Lipinski definition) is 55. The van der Waals surface area contributed by atoms with Crippen molar-refractivity contribution in [2.24, 2.45) is 0 Å². The standard InChI is InChI=1S/C77H128N6O56/c1-20(95)79-37-26(100)6-77(76(118)119,138-62(37)42(102)27(101)8-85)139-66-46(106)31(12-89)125-75(57(66)117)133-60-34(15-92)128-70(41(51(60)111)83-24(5)99)137-65-47(107)36(18-121-67-39(81-22(3)97)49(109)58(32(13-90)126-67)131-72-54(114)63(44(104)29(10-87)123-72)135-68-38(80-21(2)96)48(108)43(103)28(9-86)122-68)130-74(56(65)116)132-59-33(14-91)127-69(40(50(59)110)82-23(4)98)136-64-45(105)30(11-88)124-73(55(64)115)134-61-35(16-93)129-71(53(113)52(61)112)120-17-25(7-84)78-19-94/h19,25-75,84-93,100-117H,6-18H2,1-5H3,(H,78,94)(H,79,95)(H,80,96)(H,81,97)(H,82,98)(H,83,99)(H,118,119)/t25-,26+,27-,28-,29-,30-,31-,32-,33-,34-,35-,36-,37-,38-,39-,40-,41-,42-,43+,44+,45+,46+,47+,48-,49-,50-,51-,52-,53-,54-,55-,56-,57-,58-,59-,60-,61-,62-,63+,64+,65+,66+,67-,68-,69+,70+,71-,72+,73+,74+,75+,77+/m1/s1. The second-order valence-electron chi connectivity index (χ2n) is 34.6. The Morgan fingerprint density at radius 1 is 0.331 bits per heavy atom. The maximum atomic E-state index is 13.4. The molecule has 35 N–H and O–H groups in total. The molecule has 0 bridgehead atoms. The van der Waals surface area contributed by atoms with Gasteiger partial charge in [-0.3, -0.25) is 28.8 Å². The summed E-state index contributed by atoms with van der Waals surface area (Å²) in [6.07, 6.45) is -99.0. The fraction of sp³-hybridized carbons (Fsp3) is 0.909. The molecule has 0 unspecified atom stereocenters. The van der Waals surface area contributed by atoms with Crippen molar-refractivity contribution < 1.29 is 276 Å². The zero-order valence-electron chi connectivity index (χ0n) is 74.7. The molecule has 0 aliphatic carbocycles. The van der Waals surface area contributed by atoms with E-state index >= 15 is 0 Å². The molecule has 62 nitrogen and oxygen atoms in total. The van der Waals surface area contributed by atoms with Crippen LogP contribution in [0.15, 0.2) is 0 Å². The fourth-order valence-corrected chi connectivity index (χ4v) is 17.7. The predicted molar refractivity (Wildman–Crippen MR) is 429 cm³/mol. The van der Waals surface area contributed by atoms with E-state index in [0.29, 0.717) is 0 Å². The van der Waals surface area contributed by atoms with E-state index in [0.717, 1.165) is 34.6 Å². The predicted octanol–water partition coefficient (Wildman–Crippen LogP) is -23.7. The summed E-state index contributed by atoms with van der Waals surface area (Å²) in [4.78, 5) is 89.0. The van der Waals surface area contributed by atoms with Gasteiger partial charge >= 0.3 is 5.97 Å². The van der Waals surface area contributed by atoms with Gasteiger partial charge in [0.2, 0.25) is 35.9 Å². The first-order valence-electron chi connectivity index (χ1n) is 44.0. The van der Waals surface area contributed by atoms with Crippen molar-refractivity contribution in [1.82, 2.24) is 31.9 Å². The van der Waals surface area contributed by atoms with E-state index in [2.05, 4.69) is 31.9 Å². The molecule has 0 aromatic heterocycles. The first kappa shape index (κ1) is 115. The largest absolute Gasteiger partial charge is 0.477 e. The van der Waals surface area contributed by atoms with Gasteiger partial charge in [-0.05, 0) is 0 Å². The molecule has 0 spiro atoms. The van der Waals surface area contributed by atoms with Gasteiger partial charge in [-0.15, -0.1) is 0 Å². The summed E-state index contributed by atoms with van der Waals surface area (Å²) < 4.78 is 118. The SMILES string of the molecule is CC(=O)N[C@H]1[C@H](OC[C@H]2O[C@@H](O[C@H]3[C@H](O)[C@@H](NC(C)=O)[C@H](O[C@H]4[C@@H](O)[C@@H](CO)O[C@@H](O[C@H]5[C@H](O)[C@@H](O)[C@H](OC[C@@H](CO)NC=O)O[C@@H]5CO)[C@@H]4O)O[C@@H]3CO)[C@H](O)[C@@H](O[C@@H]3O[C@H](CO)[C@@H](O[C@@H]4O[C@H](CO)[C@H](O)[C@H](O[C@]5(C(=O)O)C[C@H](O)[C@@H](NC(C)=O)[C@H]([C@H](O)[C@H](O)CO)O5)[C@H]4O)[C@H](O)[C@H]3NC(C)=O)[C@H]2O)O[C@H](CO)[C@@H](O[C@@H]2O[C@H](CO)[C@H](O)[C@H](O[C@H]3O[C@H](CO)[C@H](O)[C@H](O)[C@H]3NC(C)=O)[C@H]2O)[C@@H]1O. The molecule has 139 heavy (non-hydrogen) atoms. The summed E-state index contributed by atoms with van der Waals surface area (Å²) in [6.45, 7) is -8.49. The lowest BCUT2D eigenvalue weighted by Gasteiger charge is -2.51. The Kier molecular flexibility index (Phi) is 42.4. The van der Waals surface area contributed by atoms with Crippen molar-refractivity contribution in [3.05, 3.63) is 0 Å². The Balaban J connectivity index is 0.953. The van der Waals surface area contributed by atoms with Crippen molar-refractivity contribution >= 4 is 41.9 Å². The highest BCUT2D eigenvalue weighted by atomic mass is 16.8. The highest BCUT2D eigenvalue weighted by Gasteiger charge is 2.64. The van der Waals surface area contributed by atoms with Crippen LogP contribution in [0.2, 0.25) is 0 Å². The first-order chi connectivity index (χ1) is 65.8. The molecule has 10 saturated heterocycles. The van der Waals surface area contributed by atoms with Crippen molar-refractivity contribution in [3.63, 3.8) is 0 Å². The maximum absolute atomic E-state index is 13.4. The maximum Gasteiger partial charge on any atom is 0.364 e. The normalized spacial score (nSPS) is 45.6. The number of aliphatic hydroxyl groups is 28. The molecule has 10 aliphatic heterocycles. The molecule has 6 amide bonds. The Hall–Kier alpha value is -5.63. The number of carboxylic acids is 1. The number of aliphatic hydroxyl groups excluding tert-OH is 28. The molecule has 10 heterocycles. The number of nitrogens with one attached hydrogen (secondary N) is 6. The van der Waals surface area contributed by atoms with E-state index in [4.69, 9.17) is 94.7 Å². The van der Waals surface area contributed by atoms with Crippen LogP contribution in [0.1, 0.15) is 41.0 Å². The van der Waals surface area contributed by atoms with Crippen LogP contribution < -0.4 is 31.9 Å². The molecule has 10 aliphatic rings. The molecular formula is C77H128N6O56. The van der Waals surface area contributed by atoms with E-state index < -0.39 is 440 Å². The second-order valence-corrected chi connectivity index (χ2v) is 34.6. The van der Waals surface area contributed by atoms with Gasteiger partial charge in [-0.2, -0.15) is 0 Å². The van der Waals surface area contributed by atoms with E-state index in [1.165, 1.54) is 0 Å². The van der Waals surface area contributed by atoms with Crippen LogP contribution in [0, 0.1) is 0 Å². The van der Waals surface area contributed by atoms with Crippen LogP contribution in [0.3, 0.4) is 0 Å². The molecule has 10 fully saturated rings. The van der Waals surface area contributed by atoms with Crippen LogP contribution in [0.5, 0.6) is 0 Å². The third-order valence-corrected chi connectivity index (χ3v) is 24.8. The van der Waals surface area contributed by atoms with Gasteiger partial charge in [0.15, 0.2) is 56.6 Å². The average molecular weight is 2030 g/mol. The molecule has 10 rings (SSSR count). The molecular weight excluding hydrogens is 1900 g/mol. The lowest BCUT2D eigenvalue weighted by molar-refractivity contribution is -0.393. The number of ether oxygens (including phenoxy) is 20. The van der Waals surface area contributed by atoms with Crippen LogP contribution in [0.4, 0.5) is 0 Å². The molecule has 0 saturated carbocycles. The number of hydrogen-bond donors (Lipinski definition) is 35. The summed E-state index contributed by atoms with van der Waals surface area (Å²) in [5.41, 5.74) is 0. The monoisotopic (exact) mass is 2030 g/mol. The average Bonchev–Trinajstić information content (AvgIpc) is 0.753. The summed E-state index contributed by atoms with van der Waals surface area (Å²) in [6, 6.07) is -10.8. The van der Waals surface area contributed by atoms with Crippen molar-refractivity contribution in [3.8, 4) is 0 Å². The number of carboxylic acid groups (broad SMARTS) is 1. The minimum absolute atomic E-state index is 0.228. The molecule has 0 aromatic rings. The smallest absolute Gasteiger partial charge is 0.364 e. The lowest BCUT2D eigenvalue weighted by atomic mass is 9.88. The van der Waals surface area contributed by atoms with Gasteiger partial charge in [-0.25, -0.2) is 4.79 Å². The minimum Gasteiger partial charge on any atom is -0.477 e. The van der Waals surface area contributed by atoms with Crippen molar-refractivity contribution in [2.75, 3.05) is 79.3 Å². The first-order valence-corrected chi connectivity index (χ1v) is 44.0. The van der Waals surface area contributed by atoms with E-state index in [1.807, 2.05) is 0 Å². The summed E-state index contributed by atoms with van der Waals surface area (Å²) in [5.74, 6) is -10.4. The zero-order valence-corrected chi connectivity index (χ0v) is 74.7. The Morgan fingerprint density at radius 2 is 0.633 bits per heavy atom. The van der Waals surface area contributed by atoms with Crippen LogP contribution >= 0.6 is 0 Å². The number of amides is 6. The van der Waals surface area contributed by atoms with Gasteiger partial charge in [0, 0.05) is 41.0 Å². The quantitative estimate of drug-likeness (QED) is 0.0252. The third-order valence-electron chi connectivity index (χ3n) is 24.8. The van der Waals surface area contributed by atoms with Crippen molar-refractivity contribution in [1.29, 1.82) is 0 Å². The van der Waals surface area contributed by atoms with E-state index in [-0.39, 0.29) is 6.41 Å². The number of carbonyl (C=O) groups is 7. The minimum atomic E-state index is -3.35. The third kappa shape index (κ3) is 26.3. The second kappa shape index (κ2) is 51.1. The van der Waals surface area contributed by atoms with E-state index in [9.17, 15) is 182 Å². The van der Waals surface area contributed by atoms with Crippen LogP contribution in [-0.4, -0.2) is 588 Å². The van der Waals surface area contributed by atoms with Gasteiger partial charge in [0.1, 0.15) is 238 Å². The van der Waals surface area contributed by atoms with Gasteiger partial charge in [-0.1, -0.05) is 0 Å². The Labute approximate surface area is 786 Å². The fourth-order valence-electron chi connectivity index (χ4n) is 17.7. The molecule has 0 radical (unpaired) electrons. The number of rotatable bonds is 42. The summed E-state index contributed by atoms with van der Waals surface area (Å²) in [7, 11) is 0. The van der Waals surface area contributed by atoms with E-state index in [1.54, 1.807) is 0 Å². The Bertz CT molecular complexity index is 3880. The molecule has 0 aromatic carbocycles. The highest BCUT2D eigenvalue weighted by Crippen LogP contribution is 2.43. The zero-order chi connectivity index (χ0) is 103. The topological polar surface area (TPSA) is 963 Å². The summed E-state index contributed by atoms with van der Waals surface area (Å²) in [5, 5.41) is 340. The number of aliphatic carboxylic acids is 1. The van der Waals surface area contributed by atoms with Gasteiger partial charge < -0.3 is 275 Å². The summed E-state index contributed by atoms with van der Waals surface area (Å²) >= 11 is 0. The van der Waals surface area contributed by atoms with Gasteiger partial charge in [0.05, 0.1) is 97.5 Å². The lowest BCUT2D eigenvalue weighted by Crippen LogP contribution is -2.71. The highest BCUT2D eigenvalue weighted by molar-refractivity contribution is 5.77. The van der Waals surface area contributed by atoms with Gasteiger partial charge in [0.25, 0.3) is 5.79 Å².